The SMILES string of the molecule is Nc1nc(Cl)nc(NCC2CCC(=O)N2)n1. The number of nitrogens with one attached hydrogen (secondary N) is 2. The highest BCUT2D eigenvalue weighted by Gasteiger charge is 2.20. The van der Waals surface area contributed by atoms with Gasteiger partial charge in [0.1, 0.15) is 0 Å². The van der Waals surface area contributed by atoms with E-state index in [9.17, 15) is 4.79 Å². The number of halogens is 1. The summed E-state index contributed by atoms with van der Waals surface area (Å²) in [6, 6.07) is 0.101. The molecule has 0 radical (unpaired) electrons. The zero-order valence-corrected chi connectivity index (χ0v) is 9.16. The van der Waals surface area contributed by atoms with E-state index >= 15 is 0 Å². The predicted molar refractivity (Wildman–Crippen MR) is 58.9 cm³/mol. The van der Waals surface area contributed by atoms with Crippen molar-refractivity contribution in [3.05, 3.63) is 5.28 Å². The zero-order chi connectivity index (χ0) is 11.5. The maximum absolute atomic E-state index is 11.0. The van der Waals surface area contributed by atoms with Gasteiger partial charge in [0.05, 0.1) is 0 Å². The Hall–Kier alpha value is -1.63. The molecule has 1 aromatic heterocycles. The Morgan fingerprint density at radius 2 is 2.31 bits per heavy atom. The molecule has 1 atom stereocenters. The van der Waals surface area contributed by atoms with Crippen LogP contribution in [0.4, 0.5) is 11.9 Å². The average Bonchev–Trinajstić information content (AvgIpc) is 2.60. The highest BCUT2D eigenvalue weighted by Crippen LogP contribution is 2.09. The van der Waals surface area contributed by atoms with Gasteiger partial charge in [-0.25, -0.2) is 0 Å². The molecular weight excluding hydrogens is 232 g/mol. The lowest BCUT2D eigenvalue weighted by molar-refractivity contribution is -0.119. The van der Waals surface area contributed by atoms with Crippen LogP contribution < -0.4 is 16.4 Å². The Morgan fingerprint density at radius 1 is 1.50 bits per heavy atom. The number of anilines is 2. The maximum atomic E-state index is 11.0. The van der Waals surface area contributed by atoms with Crippen molar-refractivity contribution >= 4 is 29.4 Å². The van der Waals surface area contributed by atoms with Gasteiger partial charge in [-0.2, -0.15) is 15.0 Å². The van der Waals surface area contributed by atoms with Crippen LogP contribution in [0, 0.1) is 0 Å². The summed E-state index contributed by atoms with van der Waals surface area (Å²) < 4.78 is 0. The summed E-state index contributed by atoms with van der Waals surface area (Å²) in [5.41, 5.74) is 5.41. The third-order valence-corrected chi connectivity index (χ3v) is 2.39. The predicted octanol–water partition coefficient (Wildman–Crippen LogP) is -0.202. The quantitative estimate of drug-likeness (QED) is 0.678. The van der Waals surface area contributed by atoms with Crippen LogP contribution in [0.3, 0.4) is 0 Å². The molecule has 1 aliphatic heterocycles. The van der Waals surface area contributed by atoms with Crippen LogP contribution >= 0.6 is 11.6 Å². The van der Waals surface area contributed by atoms with Gasteiger partial charge in [-0.15, -0.1) is 0 Å². The molecular formula is C8H11ClN6O. The van der Waals surface area contributed by atoms with E-state index in [1.54, 1.807) is 0 Å². The largest absolute Gasteiger partial charge is 0.368 e. The highest BCUT2D eigenvalue weighted by molar-refractivity contribution is 6.28. The average molecular weight is 243 g/mol. The summed E-state index contributed by atoms with van der Waals surface area (Å²) in [6.07, 6.45) is 1.37. The molecule has 0 aromatic carbocycles. The molecule has 2 rings (SSSR count). The Kier molecular flexibility index (Phi) is 3.04. The van der Waals surface area contributed by atoms with E-state index in [0.717, 1.165) is 6.42 Å². The monoisotopic (exact) mass is 242 g/mol. The molecule has 1 unspecified atom stereocenters. The van der Waals surface area contributed by atoms with Crippen molar-refractivity contribution in [1.29, 1.82) is 0 Å². The summed E-state index contributed by atoms with van der Waals surface area (Å²) >= 11 is 5.62. The number of hydrogen-bond donors (Lipinski definition) is 3. The summed E-state index contributed by atoms with van der Waals surface area (Å²) in [7, 11) is 0. The number of aromatic nitrogens is 3. The van der Waals surface area contributed by atoms with Crippen LogP contribution in [-0.4, -0.2) is 33.4 Å². The molecule has 0 spiro atoms. The summed E-state index contributed by atoms with van der Waals surface area (Å²) in [5.74, 6) is 0.455. The molecule has 7 nitrogen and oxygen atoms in total. The minimum Gasteiger partial charge on any atom is -0.368 e. The molecule has 0 bridgehead atoms. The van der Waals surface area contributed by atoms with Crippen LogP contribution in [0.2, 0.25) is 5.28 Å². The molecule has 0 saturated carbocycles. The molecule has 0 aliphatic carbocycles. The molecule has 2 heterocycles. The van der Waals surface area contributed by atoms with E-state index in [-0.39, 0.29) is 23.2 Å². The Bertz CT molecular complexity index is 391. The first kappa shape index (κ1) is 10.9. The van der Waals surface area contributed by atoms with Crippen LogP contribution in [-0.2, 0) is 4.79 Å². The van der Waals surface area contributed by atoms with Gasteiger partial charge in [-0.3, -0.25) is 4.79 Å². The third kappa shape index (κ3) is 2.69. The Morgan fingerprint density at radius 3 is 2.94 bits per heavy atom. The van der Waals surface area contributed by atoms with Gasteiger partial charge < -0.3 is 16.4 Å². The Balaban J connectivity index is 1.91. The van der Waals surface area contributed by atoms with Gasteiger partial charge in [-0.1, -0.05) is 0 Å². The number of hydrogen-bond acceptors (Lipinski definition) is 6. The number of carbonyl (C=O) groups excluding carboxylic acids is 1. The van der Waals surface area contributed by atoms with E-state index in [2.05, 4.69) is 25.6 Å². The fraction of sp³-hybridized carbons (Fsp3) is 0.500. The van der Waals surface area contributed by atoms with Crippen molar-refractivity contribution in [3.63, 3.8) is 0 Å². The van der Waals surface area contributed by atoms with Crippen LogP contribution in [0.1, 0.15) is 12.8 Å². The first-order valence-electron chi connectivity index (χ1n) is 4.84. The summed E-state index contributed by atoms with van der Waals surface area (Å²) in [6.45, 7) is 0.547. The number of carbonyl (C=O) groups is 1. The van der Waals surface area contributed by atoms with Crippen molar-refractivity contribution in [2.24, 2.45) is 0 Å². The standard InChI is InChI=1S/C8H11ClN6O/c9-6-13-7(10)15-8(14-6)11-3-4-1-2-5(16)12-4/h4H,1-3H2,(H,12,16)(H3,10,11,13,14,15). The van der Waals surface area contributed by atoms with Crippen molar-refractivity contribution < 1.29 is 4.79 Å². The number of nitrogen functional groups attached to an aromatic ring is 1. The van der Waals surface area contributed by atoms with Gasteiger partial charge >= 0.3 is 0 Å². The van der Waals surface area contributed by atoms with Gasteiger partial charge in [0, 0.05) is 19.0 Å². The first-order valence-corrected chi connectivity index (χ1v) is 5.21. The van der Waals surface area contributed by atoms with E-state index in [0.29, 0.717) is 18.9 Å². The molecule has 1 fully saturated rings. The van der Waals surface area contributed by atoms with E-state index < -0.39 is 0 Å². The van der Waals surface area contributed by atoms with Gasteiger partial charge in [0.2, 0.25) is 23.1 Å². The first-order chi connectivity index (χ1) is 7.63. The second-order valence-corrected chi connectivity index (χ2v) is 3.81. The second kappa shape index (κ2) is 4.48. The number of amides is 1. The molecule has 4 N–H and O–H groups in total. The van der Waals surface area contributed by atoms with Crippen molar-refractivity contribution in [1.82, 2.24) is 20.3 Å². The normalized spacial score (nSPS) is 19.6. The topological polar surface area (TPSA) is 106 Å². The Labute approximate surface area is 96.8 Å². The van der Waals surface area contributed by atoms with Crippen LogP contribution in [0.25, 0.3) is 0 Å². The minimum absolute atomic E-state index is 0.0467. The summed E-state index contributed by atoms with van der Waals surface area (Å²) in [5, 5.41) is 5.81. The molecule has 1 amide bonds. The lowest BCUT2D eigenvalue weighted by atomic mass is 10.2. The van der Waals surface area contributed by atoms with E-state index in [4.69, 9.17) is 17.3 Å². The van der Waals surface area contributed by atoms with E-state index in [1.165, 1.54) is 0 Å². The second-order valence-electron chi connectivity index (χ2n) is 3.47. The zero-order valence-electron chi connectivity index (χ0n) is 8.40. The fourth-order valence-corrected chi connectivity index (χ4v) is 1.66. The highest BCUT2D eigenvalue weighted by atomic mass is 35.5. The molecule has 1 saturated heterocycles. The van der Waals surface area contributed by atoms with Crippen LogP contribution in [0.5, 0.6) is 0 Å². The molecule has 16 heavy (non-hydrogen) atoms. The van der Waals surface area contributed by atoms with Crippen molar-refractivity contribution in [2.75, 3.05) is 17.6 Å². The van der Waals surface area contributed by atoms with Gasteiger partial charge in [0.15, 0.2) is 0 Å². The van der Waals surface area contributed by atoms with E-state index in [1.807, 2.05) is 0 Å². The van der Waals surface area contributed by atoms with Crippen LogP contribution in [0.15, 0.2) is 0 Å². The molecule has 8 heteroatoms. The number of rotatable bonds is 3. The molecule has 86 valence electrons. The lowest BCUT2D eigenvalue weighted by Gasteiger charge is -2.10. The molecule has 1 aliphatic rings. The molecule has 1 aromatic rings. The number of nitrogens with two attached hydrogens (primary N) is 1. The minimum atomic E-state index is 0.0467. The smallest absolute Gasteiger partial charge is 0.228 e. The third-order valence-electron chi connectivity index (χ3n) is 2.22. The maximum Gasteiger partial charge on any atom is 0.228 e. The van der Waals surface area contributed by atoms with Gasteiger partial charge in [0.25, 0.3) is 0 Å². The van der Waals surface area contributed by atoms with Gasteiger partial charge in [-0.05, 0) is 18.0 Å². The van der Waals surface area contributed by atoms with Crippen molar-refractivity contribution in [3.8, 4) is 0 Å². The van der Waals surface area contributed by atoms with Crippen molar-refractivity contribution in [2.45, 2.75) is 18.9 Å². The fourth-order valence-electron chi connectivity index (χ4n) is 1.49. The summed E-state index contributed by atoms with van der Waals surface area (Å²) in [4.78, 5) is 22.3. The lowest BCUT2D eigenvalue weighted by Crippen LogP contribution is -2.32. The number of nitrogens with zero attached hydrogens (tertiary/aromatic N) is 3.